The van der Waals surface area contributed by atoms with E-state index in [1.807, 2.05) is 0 Å². The van der Waals surface area contributed by atoms with Gasteiger partial charge in [-0.1, -0.05) is 11.6 Å². The van der Waals surface area contributed by atoms with Gasteiger partial charge in [-0.15, -0.1) is 0 Å². The monoisotopic (exact) mass is 236 g/mol. The highest BCUT2D eigenvalue weighted by Gasteiger charge is 2.33. The Balaban J connectivity index is 2.37. The molecule has 5 heteroatoms. The van der Waals surface area contributed by atoms with E-state index in [1.54, 1.807) is 31.2 Å². The SMILES string of the molecule is CC1=NN(c2ccc(Cl)cc2)C(C=O)C1=O. The molecule has 16 heavy (non-hydrogen) atoms. The van der Waals surface area contributed by atoms with E-state index in [9.17, 15) is 9.59 Å². The molecule has 1 atom stereocenters. The highest BCUT2D eigenvalue weighted by molar-refractivity contribution is 6.46. The molecule has 1 aromatic rings. The third-order valence-electron chi connectivity index (χ3n) is 2.37. The van der Waals surface area contributed by atoms with Gasteiger partial charge < -0.3 is 4.79 Å². The summed E-state index contributed by atoms with van der Waals surface area (Å²) in [5.41, 5.74) is 1.01. The van der Waals surface area contributed by atoms with Crippen LogP contribution in [0.4, 0.5) is 5.69 Å². The van der Waals surface area contributed by atoms with Crippen molar-refractivity contribution in [1.29, 1.82) is 0 Å². The van der Waals surface area contributed by atoms with Gasteiger partial charge >= 0.3 is 0 Å². The minimum absolute atomic E-state index is 0.259. The Morgan fingerprint density at radius 1 is 1.38 bits per heavy atom. The number of ketones is 1. The summed E-state index contributed by atoms with van der Waals surface area (Å²) in [6, 6.07) is 5.96. The number of nitrogens with zero attached hydrogens (tertiary/aromatic N) is 2. The number of benzene rings is 1. The minimum atomic E-state index is -0.846. The molecular formula is C11H9ClN2O2. The van der Waals surface area contributed by atoms with Crippen LogP contribution < -0.4 is 5.01 Å². The third-order valence-corrected chi connectivity index (χ3v) is 2.62. The van der Waals surface area contributed by atoms with Crippen molar-refractivity contribution in [1.82, 2.24) is 0 Å². The summed E-state index contributed by atoms with van der Waals surface area (Å²) in [5, 5.41) is 6.05. The molecule has 0 saturated carbocycles. The first-order chi connectivity index (χ1) is 7.63. The average molecular weight is 237 g/mol. The molecule has 0 spiro atoms. The van der Waals surface area contributed by atoms with Crippen LogP contribution in [0.3, 0.4) is 0 Å². The van der Waals surface area contributed by atoms with Crippen molar-refractivity contribution in [3.63, 3.8) is 0 Å². The molecule has 0 radical (unpaired) electrons. The summed E-state index contributed by atoms with van der Waals surface area (Å²) in [7, 11) is 0. The Labute approximate surface area is 97.5 Å². The summed E-state index contributed by atoms with van der Waals surface area (Å²) in [6.07, 6.45) is 0.594. The highest BCUT2D eigenvalue weighted by atomic mass is 35.5. The minimum Gasteiger partial charge on any atom is -0.300 e. The molecular weight excluding hydrogens is 228 g/mol. The Hall–Kier alpha value is -1.68. The third kappa shape index (κ3) is 1.72. The summed E-state index contributed by atoms with van der Waals surface area (Å²) in [4.78, 5) is 22.4. The maximum Gasteiger partial charge on any atom is 0.210 e. The van der Waals surface area contributed by atoms with Crippen LogP contribution in [-0.2, 0) is 9.59 Å². The van der Waals surface area contributed by atoms with E-state index in [0.717, 1.165) is 0 Å². The molecule has 1 aromatic carbocycles. The lowest BCUT2D eigenvalue weighted by atomic mass is 10.1. The van der Waals surface area contributed by atoms with Crippen LogP contribution in [-0.4, -0.2) is 23.8 Å². The Morgan fingerprint density at radius 3 is 2.56 bits per heavy atom. The quantitative estimate of drug-likeness (QED) is 0.580. The number of anilines is 1. The topological polar surface area (TPSA) is 49.7 Å². The standard InChI is InChI=1S/C11H9ClN2O2/c1-7-11(16)10(6-15)14(13-7)9-4-2-8(12)3-5-9/h2-6,10H,1H3. The zero-order chi connectivity index (χ0) is 11.7. The van der Waals surface area contributed by atoms with Gasteiger partial charge in [0.15, 0.2) is 12.3 Å². The fraction of sp³-hybridized carbons (Fsp3) is 0.182. The van der Waals surface area contributed by atoms with E-state index in [-0.39, 0.29) is 5.78 Å². The summed E-state index contributed by atoms with van der Waals surface area (Å²) >= 11 is 5.76. The van der Waals surface area contributed by atoms with E-state index < -0.39 is 6.04 Å². The van der Waals surface area contributed by atoms with Crippen LogP contribution >= 0.6 is 11.6 Å². The van der Waals surface area contributed by atoms with Gasteiger partial charge in [0.1, 0.15) is 5.71 Å². The first-order valence-corrected chi connectivity index (χ1v) is 5.11. The van der Waals surface area contributed by atoms with Gasteiger partial charge in [0.05, 0.1) is 5.69 Å². The van der Waals surface area contributed by atoms with E-state index in [1.165, 1.54) is 5.01 Å². The van der Waals surface area contributed by atoms with Gasteiger partial charge in [-0.25, -0.2) is 5.01 Å². The number of hydrogen-bond acceptors (Lipinski definition) is 4. The fourth-order valence-electron chi connectivity index (χ4n) is 1.53. The second-order valence-electron chi connectivity index (χ2n) is 3.45. The van der Waals surface area contributed by atoms with Crippen LogP contribution in [0.25, 0.3) is 0 Å². The first kappa shape index (κ1) is 10.8. The number of halogens is 1. The molecule has 1 unspecified atom stereocenters. The Bertz CT molecular complexity index is 467. The number of Topliss-reactive ketones (excluding diaryl/α,β-unsaturated/α-hetero) is 1. The van der Waals surface area contributed by atoms with Crippen LogP contribution in [0.5, 0.6) is 0 Å². The number of aldehydes is 1. The number of hydrazone groups is 1. The summed E-state index contributed by atoms with van der Waals surface area (Å²) in [6.45, 7) is 1.59. The molecule has 0 aliphatic carbocycles. The number of rotatable bonds is 2. The highest BCUT2D eigenvalue weighted by Crippen LogP contribution is 2.23. The van der Waals surface area contributed by atoms with Crippen LogP contribution in [0.2, 0.25) is 5.02 Å². The van der Waals surface area contributed by atoms with Crippen LogP contribution in [0.15, 0.2) is 29.4 Å². The van der Waals surface area contributed by atoms with Gasteiger partial charge in [0, 0.05) is 5.02 Å². The Kier molecular flexibility index (Phi) is 2.75. The van der Waals surface area contributed by atoms with Crippen molar-refractivity contribution in [2.24, 2.45) is 5.10 Å². The molecule has 4 nitrogen and oxygen atoms in total. The predicted octanol–water partition coefficient (Wildman–Crippen LogP) is 1.67. The van der Waals surface area contributed by atoms with E-state index in [0.29, 0.717) is 22.7 Å². The predicted molar refractivity (Wildman–Crippen MR) is 61.9 cm³/mol. The van der Waals surface area contributed by atoms with E-state index in [4.69, 9.17) is 11.6 Å². The summed E-state index contributed by atoms with van der Waals surface area (Å²) in [5.74, 6) is -0.259. The zero-order valence-electron chi connectivity index (χ0n) is 8.55. The average Bonchev–Trinajstić information content (AvgIpc) is 2.56. The van der Waals surface area contributed by atoms with Crippen molar-refractivity contribution in [3.05, 3.63) is 29.3 Å². The molecule has 1 heterocycles. The van der Waals surface area contributed by atoms with Gasteiger partial charge in [-0.3, -0.25) is 4.79 Å². The lowest BCUT2D eigenvalue weighted by Crippen LogP contribution is -2.34. The lowest BCUT2D eigenvalue weighted by Gasteiger charge is -2.17. The van der Waals surface area contributed by atoms with E-state index in [2.05, 4.69) is 5.10 Å². The molecule has 0 aromatic heterocycles. The van der Waals surface area contributed by atoms with Gasteiger partial charge in [0.2, 0.25) is 5.78 Å². The molecule has 1 aliphatic rings. The molecule has 0 saturated heterocycles. The molecule has 82 valence electrons. The molecule has 2 rings (SSSR count). The van der Waals surface area contributed by atoms with Gasteiger partial charge in [-0.05, 0) is 31.2 Å². The second kappa shape index (κ2) is 4.06. The van der Waals surface area contributed by atoms with Gasteiger partial charge in [-0.2, -0.15) is 5.10 Å². The largest absolute Gasteiger partial charge is 0.300 e. The first-order valence-electron chi connectivity index (χ1n) is 4.73. The molecule has 0 N–H and O–H groups in total. The molecule has 0 bridgehead atoms. The molecule has 1 aliphatic heterocycles. The Morgan fingerprint density at radius 2 is 2.00 bits per heavy atom. The van der Waals surface area contributed by atoms with Crippen molar-refractivity contribution >= 4 is 35.1 Å². The van der Waals surface area contributed by atoms with Crippen molar-refractivity contribution in [3.8, 4) is 0 Å². The van der Waals surface area contributed by atoms with E-state index >= 15 is 0 Å². The van der Waals surface area contributed by atoms with Gasteiger partial charge in [0.25, 0.3) is 0 Å². The van der Waals surface area contributed by atoms with Crippen molar-refractivity contribution in [2.75, 3.05) is 5.01 Å². The lowest BCUT2D eigenvalue weighted by molar-refractivity contribution is -0.118. The smallest absolute Gasteiger partial charge is 0.210 e. The maximum absolute atomic E-state index is 11.6. The van der Waals surface area contributed by atoms with Crippen LogP contribution in [0.1, 0.15) is 6.92 Å². The normalized spacial score (nSPS) is 19.9. The number of hydrogen-bond donors (Lipinski definition) is 0. The molecule has 0 fully saturated rings. The van der Waals surface area contributed by atoms with Crippen molar-refractivity contribution in [2.45, 2.75) is 13.0 Å². The number of carbonyl (C=O) groups is 2. The number of carbonyl (C=O) groups excluding carboxylic acids is 2. The van der Waals surface area contributed by atoms with Crippen LogP contribution in [0, 0.1) is 0 Å². The molecule has 0 amide bonds. The zero-order valence-corrected chi connectivity index (χ0v) is 9.31. The fourth-order valence-corrected chi connectivity index (χ4v) is 1.66. The van der Waals surface area contributed by atoms with Crippen molar-refractivity contribution < 1.29 is 9.59 Å². The second-order valence-corrected chi connectivity index (χ2v) is 3.89. The summed E-state index contributed by atoms with van der Waals surface area (Å²) < 4.78 is 0. The maximum atomic E-state index is 11.6.